The van der Waals surface area contributed by atoms with Crippen molar-refractivity contribution in [2.75, 3.05) is 26.1 Å². The van der Waals surface area contributed by atoms with Crippen LogP contribution in [0.25, 0.3) is 0 Å². The molecule has 1 unspecified atom stereocenters. The molecule has 5 heteroatoms. The molecule has 3 N–H and O–H groups in total. The molecule has 0 aliphatic heterocycles. The van der Waals surface area contributed by atoms with E-state index in [1.165, 1.54) is 0 Å². The second-order valence-electron chi connectivity index (χ2n) is 5.58. The van der Waals surface area contributed by atoms with E-state index in [0.29, 0.717) is 36.1 Å². The van der Waals surface area contributed by atoms with Crippen LogP contribution in [0, 0.1) is 11.8 Å². The van der Waals surface area contributed by atoms with Gasteiger partial charge in [0.15, 0.2) is 0 Å². The van der Waals surface area contributed by atoms with Crippen molar-refractivity contribution in [3.63, 3.8) is 0 Å². The topological polar surface area (TPSA) is 73.6 Å². The van der Waals surface area contributed by atoms with Crippen LogP contribution in [0.2, 0.25) is 0 Å². The fraction of sp³-hybridized carbons (Fsp3) is 0.562. The van der Waals surface area contributed by atoms with E-state index in [1.807, 2.05) is 0 Å². The van der Waals surface area contributed by atoms with Gasteiger partial charge in [0.25, 0.3) is 0 Å². The largest absolute Gasteiger partial charge is 0.497 e. The summed E-state index contributed by atoms with van der Waals surface area (Å²) in [5, 5.41) is 2.87. The third-order valence-electron chi connectivity index (χ3n) is 3.25. The van der Waals surface area contributed by atoms with Gasteiger partial charge >= 0.3 is 0 Å². The third kappa shape index (κ3) is 6.04. The highest BCUT2D eigenvalue weighted by Gasteiger charge is 2.14. The lowest BCUT2D eigenvalue weighted by atomic mass is 9.94. The van der Waals surface area contributed by atoms with Crippen LogP contribution in [-0.2, 0) is 4.79 Å². The molecular weight excluding hydrogens is 268 g/mol. The minimum atomic E-state index is -0.0404. The van der Waals surface area contributed by atoms with E-state index in [4.69, 9.17) is 15.2 Å². The Kier molecular flexibility index (Phi) is 7.02. The number of nitrogens with two attached hydrogens (primary N) is 1. The molecule has 1 atom stereocenters. The maximum atomic E-state index is 12.1. The molecule has 0 spiro atoms. The van der Waals surface area contributed by atoms with Gasteiger partial charge in [-0.1, -0.05) is 13.8 Å². The summed E-state index contributed by atoms with van der Waals surface area (Å²) >= 11 is 0. The summed E-state index contributed by atoms with van der Waals surface area (Å²) in [5.41, 5.74) is 6.40. The predicted molar refractivity (Wildman–Crippen MR) is 84.8 cm³/mol. The van der Waals surface area contributed by atoms with Gasteiger partial charge in [-0.05, 0) is 24.8 Å². The second-order valence-corrected chi connectivity index (χ2v) is 5.58. The third-order valence-corrected chi connectivity index (χ3v) is 3.25. The van der Waals surface area contributed by atoms with E-state index in [9.17, 15) is 4.79 Å². The number of rotatable bonds is 8. The van der Waals surface area contributed by atoms with E-state index < -0.39 is 0 Å². The molecule has 21 heavy (non-hydrogen) atoms. The average molecular weight is 294 g/mol. The number of benzene rings is 1. The zero-order valence-corrected chi connectivity index (χ0v) is 13.3. The lowest BCUT2D eigenvalue weighted by Crippen LogP contribution is -2.23. The molecule has 1 aromatic rings. The van der Waals surface area contributed by atoms with Gasteiger partial charge in [0, 0.05) is 30.3 Å². The summed E-state index contributed by atoms with van der Waals surface area (Å²) in [5.74, 6) is 1.98. The standard InChI is InChI=1S/C16H26N2O3/c1-11(2)5-12(10-17)6-16(19)18-13-7-14(20-3)9-15(8-13)21-4/h7-9,11-12H,5-6,10,17H2,1-4H3,(H,18,19). The highest BCUT2D eigenvalue weighted by Crippen LogP contribution is 2.26. The molecule has 0 aliphatic carbocycles. The highest BCUT2D eigenvalue weighted by atomic mass is 16.5. The van der Waals surface area contributed by atoms with E-state index in [-0.39, 0.29) is 11.8 Å². The molecule has 1 aromatic carbocycles. The monoisotopic (exact) mass is 294 g/mol. The number of carbonyl (C=O) groups excluding carboxylic acids is 1. The van der Waals surface area contributed by atoms with Crippen LogP contribution in [0.1, 0.15) is 26.7 Å². The van der Waals surface area contributed by atoms with Gasteiger partial charge in [-0.25, -0.2) is 0 Å². The SMILES string of the molecule is COc1cc(NC(=O)CC(CN)CC(C)C)cc(OC)c1. The van der Waals surface area contributed by atoms with Crippen LogP contribution in [-0.4, -0.2) is 26.7 Å². The Hall–Kier alpha value is -1.75. The summed E-state index contributed by atoms with van der Waals surface area (Å²) in [6, 6.07) is 5.29. The number of hydrogen-bond donors (Lipinski definition) is 2. The van der Waals surface area contributed by atoms with Crippen LogP contribution < -0.4 is 20.5 Å². The molecule has 0 aliphatic rings. The van der Waals surface area contributed by atoms with Gasteiger partial charge in [0.2, 0.25) is 5.91 Å². The van der Waals surface area contributed by atoms with Crippen molar-refractivity contribution in [2.45, 2.75) is 26.7 Å². The zero-order valence-electron chi connectivity index (χ0n) is 13.3. The van der Waals surface area contributed by atoms with Crippen molar-refractivity contribution >= 4 is 11.6 Å². The predicted octanol–water partition coefficient (Wildman–Crippen LogP) is 2.65. The first-order chi connectivity index (χ1) is 9.98. The first kappa shape index (κ1) is 17.3. The molecule has 0 saturated heterocycles. The lowest BCUT2D eigenvalue weighted by Gasteiger charge is -2.17. The average Bonchev–Trinajstić information content (AvgIpc) is 2.45. The molecular formula is C16H26N2O3. The Balaban J connectivity index is 2.69. The molecule has 1 amide bonds. The molecule has 0 heterocycles. The van der Waals surface area contributed by atoms with Crippen molar-refractivity contribution < 1.29 is 14.3 Å². The van der Waals surface area contributed by atoms with Crippen LogP contribution >= 0.6 is 0 Å². The van der Waals surface area contributed by atoms with Gasteiger partial charge in [0.05, 0.1) is 14.2 Å². The number of amides is 1. The van der Waals surface area contributed by atoms with Crippen LogP contribution in [0.5, 0.6) is 11.5 Å². The van der Waals surface area contributed by atoms with Crippen molar-refractivity contribution in [3.05, 3.63) is 18.2 Å². The van der Waals surface area contributed by atoms with Crippen molar-refractivity contribution in [1.29, 1.82) is 0 Å². The molecule has 0 aromatic heterocycles. The highest BCUT2D eigenvalue weighted by molar-refractivity contribution is 5.91. The molecule has 0 radical (unpaired) electrons. The van der Waals surface area contributed by atoms with Crippen LogP contribution in [0.3, 0.4) is 0 Å². The number of carbonyl (C=O) groups is 1. The fourth-order valence-electron chi connectivity index (χ4n) is 2.28. The summed E-state index contributed by atoms with van der Waals surface area (Å²) in [6.07, 6.45) is 1.37. The van der Waals surface area contributed by atoms with E-state index >= 15 is 0 Å². The van der Waals surface area contributed by atoms with E-state index in [0.717, 1.165) is 6.42 Å². The Morgan fingerprint density at radius 1 is 1.19 bits per heavy atom. The number of anilines is 1. The summed E-state index contributed by atoms with van der Waals surface area (Å²) in [6.45, 7) is 4.79. The first-order valence-electron chi connectivity index (χ1n) is 7.21. The fourth-order valence-corrected chi connectivity index (χ4v) is 2.28. The Morgan fingerprint density at radius 3 is 2.19 bits per heavy atom. The van der Waals surface area contributed by atoms with Gasteiger partial charge in [-0.2, -0.15) is 0 Å². The molecule has 0 saturated carbocycles. The van der Waals surface area contributed by atoms with Gasteiger partial charge in [-0.15, -0.1) is 0 Å². The Bertz CT molecular complexity index is 439. The van der Waals surface area contributed by atoms with Crippen molar-refractivity contribution in [2.24, 2.45) is 17.6 Å². The smallest absolute Gasteiger partial charge is 0.224 e. The summed E-state index contributed by atoms with van der Waals surface area (Å²) < 4.78 is 10.4. The molecule has 0 bridgehead atoms. The molecule has 118 valence electrons. The normalized spacial score (nSPS) is 12.1. The van der Waals surface area contributed by atoms with Crippen LogP contribution in [0.15, 0.2) is 18.2 Å². The van der Waals surface area contributed by atoms with Gasteiger partial charge in [-0.3, -0.25) is 4.79 Å². The van der Waals surface area contributed by atoms with Gasteiger partial charge in [0.1, 0.15) is 11.5 Å². The quantitative estimate of drug-likeness (QED) is 0.773. The number of hydrogen-bond acceptors (Lipinski definition) is 4. The number of nitrogens with one attached hydrogen (secondary N) is 1. The number of methoxy groups -OCH3 is 2. The van der Waals surface area contributed by atoms with E-state index in [1.54, 1.807) is 32.4 Å². The first-order valence-corrected chi connectivity index (χ1v) is 7.21. The minimum Gasteiger partial charge on any atom is -0.497 e. The maximum Gasteiger partial charge on any atom is 0.224 e. The summed E-state index contributed by atoms with van der Waals surface area (Å²) in [4.78, 5) is 12.1. The van der Waals surface area contributed by atoms with Crippen molar-refractivity contribution in [1.82, 2.24) is 0 Å². The Labute approximate surface area is 126 Å². The van der Waals surface area contributed by atoms with Gasteiger partial charge < -0.3 is 20.5 Å². The van der Waals surface area contributed by atoms with Crippen molar-refractivity contribution in [3.8, 4) is 11.5 Å². The molecule has 5 nitrogen and oxygen atoms in total. The lowest BCUT2D eigenvalue weighted by molar-refractivity contribution is -0.117. The molecule has 0 fully saturated rings. The maximum absolute atomic E-state index is 12.1. The summed E-state index contributed by atoms with van der Waals surface area (Å²) in [7, 11) is 3.15. The zero-order chi connectivity index (χ0) is 15.8. The minimum absolute atomic E-state index is 0.0404. The number of ether oxygens (including phenoxy) is 2. The van der Waals surface area contributed by atoms with E-state index in [2.05, 4.69) is 19.2 Å². The van der Waals surface area contributed by atoms with Crippen LogP contribution in [0.4, 0.5) is 5.69 Å². The Morgan fingerprint density at radius 2 is 1.76 bits per heavy atom. The molecule has 1 rings (SSSR count). The second kappa shape index (κ2) is 8.52.